The van der Waals surface area contributed by atoms with E-state index in [1.165, 1.54) is 12.8 Å². The molecule has 0 spiro atoms. The van der Waals surface area contributed by atoms with Gasteiger partial charge in [-0.25, -0.2) is 0 Å². The van der Waals surface area contributed by atoms with Crippen LogP contribution in [0.5, 0.6) is 0 Å². The van der Waals surface area contributed by atoms with Crippen molar-refractivity contribution in [3.8, 4) is 11.8 Å². The Morgan fingerprint density at radius 1 is 1.43 bits per heavy atom. The molecule has 1 aliphatic carbocycles. The minimum atomic E-state index is 0.230. The highest BCUT2D eigenvalue weighted by Crippen LogP contribution is 2.44. The predicted molar refractivity (Wildman–Crippen MR) is 60.1 cm³/mol. The molecule has 2 heteroatoms. The molecule has 1 saturated carbocycles. The molecule has 72 valence electrons. The Hall–Kier alpha value is -1.13. The topological polar surface area (TPSA) is 26.0 Å². The van der Waals surface area contributed by atoms with E-state index in [-0.39, 0.29) is 5.41 Å². The molecule has 0 bridgehead atoms. The molecule has 2 rings (SSSR count). The van der Waals surface area contributed by atoms with Gasteiger partial charge in [-0.05, 0) is 38.0 Å². The minimum Gasteiger partial charge on any atom is -0.399 e. The molecule has 1 fully saturated rings. The summed E-state index contributed by atoms with van der Waals surface area (Å²) in [7, 11) is 0. The Balaban J connectivity index is 2.30. The van der Waals surface area contributed by atoms with E-state index < -0.39 is 0 Å². The van der Waals surface area contributed by atoms with Crippen molar-refractivity contribution < 1.29 is 0 Å². The van der Waals surface area contributed by atoms with E-state index in [0.29, 0.717) is 10.7 Å². The highest BCUT2D eigenvalue weighted by Gasteiger charge is 2.35. The molecule has 1 aromatic rings. The summed E-state index contributed by atoms with van der Waals surface area (Å²) in [5.74, 6) is 6.32. The summed E-state index contributed by atoms with van der Waals surface area (Å²) in [5, 5.41) is 0.677. The number of hydrogen-bond donors (Lipinski definition) is 1. The summed E-state index contributed by atoms with van der Waals surface area (Å²) in [6.07, 6.45) is 2.39. The minimum absolute atomic E-state index is 0.230. The number of halogens is 1. The van der Waals surface area contributed by atoms with Gasteiger partial charge in [-0.2, -0.15) is 0 Å². The molecule has 1 aliphatic rings. The lowest BCUT2D eigenvalue weighted by atomic mass is 10.1. The molecule has 0 saturated heterocycles. The average molecular weight is 206 g/mol. The third-order valence-electron chi connectivity index (χ3n) is 2.49. The maximum absolute atomic E-state index is 5.99. The largest absolute Gasteiger partial charge is 0.399 e. The zero-order valence-electron chi connectivity index (χ0n) is 8.10. The van der Waals surface area contributed by atoms with Crippen LogP contribution in [0.15, 0.2) is 18.2 Å². The van der Waals surface area contributed by atoms with E-state index in [9.17, 15) is 0 Å². The maximum atomic E-state index is 5.99. The summed E-state index contributed by atoms with van der Waals surface area (Å²) in [6.45, 7) is 2.17. The second-order valence-electron chi connectivity index (χ2n) is 4.05. The normalized spacial score (nSPS) is 17.0. The number of nitrogens with two attached hydrogens (primary N) is 1. The SMILES string of the molecule is CC1(C#Cc2cc(N)ccc2Cl)CC1. The van der Waals surface area contributed by atoms with Gasteiger partial charge in [-0.15, -0.1) is 0 Å². The van der Waals surface area contributed by atoms with Gasteiger partial charge in [0, 0.05) is 16.7 Å². The van der Waals surface area contributed by atoms with Crippen molar-refractivity contribution in [3.63, 3.8) is 0 Å². The van der Waals surface area contributed by atoms with E-state index in [2.05, 4.69) is 18.8 Å². The monoisotopic (exact) mass is 205 g/mol. The Morgan fingerprint density at radius 3 is 2.79 bits per heavy atom. The van der Waals surface area contributed by atoms with E-state index in [1.54, 1.807) is 12.1 Å². The average Bonchev–Trinajstić information content (AvgIpc) is 2.87. The second-order valence-corrected chi connectivity index (χ2v) is 4.46. The Bertz CT molecular complexity index is 422. The third-order valence-corrected chi connectivity index (χ3v) is 2.82. The van der Waals surface area contributed by atoms with Crippen LogP contribution in [0.1, 0.15) is 25.3 Å². The van der Waals surface area contributed by atoms with Gasteiger partial charge in [0.25, 0.3) is 0 Å². The number of rotatable bonds is 0. The number of anilines is 1. The lowest BCUT2D eigenvalue weighted by molar-refractivity contribution is 0.783. The first-order chi connectivity index (χ1) is 6.59. The van der Waals surface area contributed by atoms with Gasteiger partial charge in [-0.3, -0.25) is 0 Å². The lowest BCUT2D eigenvalue weighted by Crippen LogP contribution is -1.88. The van der Waals surface area contributed by atoms with E-state index in [4.69, 9.17) is 17.3 Å². The third kappa shape index (κ3) is 2.02. The Morgan fingerprint density at radius 2 is 2.14 bits per heavy atom. The van der Waals surface area contributed by atoms with Crippen LogP contribution < -0.4 is 5.73 Å². The van der Waals surface area contributed by atoms with Gasteiger partial charge in [0.05, 0.1) is 5.02 Å². The predicted octanol–water partition coefficient (Wildman–Crippen LogP) is 3.07. The summed E-state index contributed by atoms with van der Waals surface area (Å²) >= 11 is 5.99. The van der Waals surface area contributed by atoms with Gasteiger partial charge in [0.2, 0.25) is 0 Å². The van der Waals surface area contributed by atoms with Crippen LogP contribution in [0, 0.1) is 17.3 Å². The van der Waals surface area contributed by atoms with Crippen LogP contribution in [0.25, 0.3) is 0 Å². The molecule has 0 amide bonds. The molecule has 0 aromatic heterocycles. The van der Waals surface area contributed by atoms with Gasteiger partial charge < -0.3 is 5.73 Å². The fourth-order valence-electron chi connectivity index (χ4n) is 1.17. The molecule has 0 aliphatic heterocycles. The van der Waals surface area contributed by atoms with E-state index in [0.717, 1.165) is 5.56 Å². The van der Waals surface area contributed by atoms with Crippen molar-refractivity contribution in [2.75, 3.05) is 5.73 Å². The zero-order valence-corrected chi connectivity index (χ0v) is 8.86. The Kier molecular flexibility index (Phi) is 2.17. The fraction of sp³-hybridized carbons (Fsp3) is 0.333. The van der Waals surface area contributed by atoms with Crippen LogP contribution in [0.2, 0.25) is 5.02 Å². The first kappa shape index (κ1) is 9.43. The van der Waals surface area contributed by atoms with E-state index >= 15 is 0 Å². The maximum Gasteiger partial charge on any atom is 0.0564 e. The van der Waals surface area contributed by atoms with Crippen molar-refractivity contribution in [3.05, 3.63) is 28.8 Å². The molecule has 0 unspecified atom stereocenters. The standard InChI is InChI=1S/C12H12ClN/c1-12(6-7-12)5-4-9-8-10(14)2-3-11(9)13/h2-3,8H,6-7,14H2,1H3. The van der Waals surface area contributed by atoms with Crippen molar-refractivity contribution in [1.29, 1.82) is 0 Å². The number of nitrogen functional groups attached to an aromatic ring is 1. The molecular weight excluding hydrogens is 194 g/mol. The van der Waals surface area contributed by atoms with Crippen LogP contribution in [-0.4, -0.2) is 0 Å². The first-order valence-electron chi connectivity index (χ1n) is 4.67. The van der Waals surface area contributed by atoms with Crippen molar-refractivity contribution in [2.24, 2.45) is 5.41 Å². The van der Waals surface area contributed by atoms with Gasteiger partial charge in [-0.1, -0.05) is 23.4 Å². The van der Waals surface area contributed by atoms with Crippen molar-refractivity contribution >= 4 is 17.3 Å². The molecule has 1 aromatic carbocycles. The zero-order chi connectivity index (χ0) is 10.2. The smallest absolute Gasteiger partial charge is 0.0564 e. The molecule has 2 N–H and O–H groups in total. The highest BCUT2D eigenvalue weighted by molar-refractivity contribution is 6.31. The molecule has 0 atom stereocenters. The number of hydrogen-bond acceptors (Lipinski definition) is 1. The van der Waals surface area contributed by atoms with Crippen molar-refractivity contribution in [2.45, 2.75) is 19.8 Å². The molecule has 1 nitrogen and oxygen atoms in total. The lowest BCUT2D eigenvalue weighted by Gasteiger charge is -1.98. The quantitative estimate of drug-likeness (QED) is 0.511. The highest BCUT2D eigenvalue weighted by atomic mass is 35.5. The summed E-state index contributed by atoms with van der Waals surface area (Å²) < 4.78 is 0. The van der Waals surface area contributed by atoms with Crippen LogP contribution >= 0.6 is 11.6 Å². The van der Waals surface area contributed by atoms with Crippen LogP contribution in [0.3, 0.4) is 0 Å². The summed E-state index contributed by atoms with van der Waals surface area (Å²) in [4.78, 5) is 0. The molecule has 0 radical (unpaired) electrons. The van der Waals surface area contributed by atoms with Crippen LogP contribution in [-0.2, 0) is 0 Å². The molecular formula is C12H12ClN. The van der Waals surface area contributed by atoms with E-state index in [1.807, 2.05) is 6.07 Å². The molecule has 0 heterocycles. The molecule has 14 heavy (non-hydrogen) atoms. The van der Waals surface area contributed by atoms with Gasteiger partial charge in [0.15, 0.2) is 0 Å². The summed E-state index contributed by atoms with van der Waals surface area (Å²) in [6, 6.07) is 5.39. The van der Waals surface area contributed by atoms with Crippen molar-refractivity contribution in [1.82, 2.24) is 0 Å². The number of benzene rings is 1. The fourth-order valence-corrected chi connectivity index (χ4v) is 1.33. The Labute approximate surface area is 89.3 Å². The van der Waals surface area contributed by atoms with Gasteiger partial charge in [0.1, 0.15) is 0 Å². The second kappa shape index (κ2) is 3.22. The van der Waals surface area contributed by atoms with Gasteiger partial charge >= 0.3 is 0 Å². The summed E-state index contributed by atoms with van der Waals surface area (Å²) in [5.41, 5.74) is 7.43. The first-order valence-corrected chi connectivity index (χ1v) is 5.05. The van der Waals surface area contributed by atoms with Crippen LogP contribution in [0.4, 0.5) is 5.69 Å².